The lowest BCUT2D eigenvalue weighted by Gasteiger charge is -2.22. The SMILES string of the molecule is O=C(NC(=S)Nc1ccc(C(=O)NC2CCCCC2)cc1)c1cccc(I)c1. The van der Waals surface area contributed by atoms with Gasteiger partial charge in [-0.1, -0.05) is 25.3 Å². The second kappa shape index (κ2) is 9.97. The van der Waals surface area contributed by atoms with Crippen molar-refractivity contribution in [2.75, 3.05) is 5.32 Å². The zero-order valence-corrected chi connectivity index (χ0v) is 18.3. The minimum absolute atomic E-state index is 0.0481. The Morgan fingerprint density at radius 3 is 2.32 bits per heavy atom. The van der Waals surface area contributed by atoms with Crippen LogP contribution in [0.1, 0.15) is 52.8 Å². The fourth-order valence-electron chi connectivity index (χ4n) is 3.19. The number of rotatable bonds is 4. The Morgan fingerprint density at radius 1 is 0.929 bits per heavy atom. The van der Waals surface area contributed by atoms with Crippen molar-refractivity contribution in [1.29, 1.82) is 0 Å². The van der Waals surface area contributed by atoms with Crippen LogP contribution in [0.15, 0.2) is 48.5 Å². The molecule has 146 valence electrons. The van der Waals surface area contributed by atoms with E-state index in [1.807, 2.05) is 12.1 Å². The number of halogens is 1. The molecule has 1 aliphatic rings. The van der Waals surface area contributed by atoms with Gasteiger partial charge in [0.25, 0.3) is 11.8 Å². The number of carbonyl (C=O) groups excluding carboxylic acids is 2. The molecule has 0 aromatic heterocycles. The number of anilines is 1. The number of hydrogen-bond donors (Lipinski definition) is 3. The smallest absolute Gasteiger partial charge is 0.257 e. The minimum atomic E-state index is -0.264. The quantitative estimate of drug-likeness (QED) is 0.422. The van der Waals surface area contributed by atoms with Crippen molar-refractivity contribution in [2.45, 2.75) is 38.1 Å². The van der Waals surface area contributed by atoms with Gasteiger partial charge in [0.05, 0.1) is 0 Å². The standard InChI is InChI=1S/C21H22IN3O2S/c22-16-6-4-5-15(13-16)20(27)25-21(28)24-18-11-9-14(10-12-18)19(26)23-17-7-2-1-3-8-17/h4-6,9-13,17H,1-3,7-8H2,(H,23,26)(H2,24,25,27,28). The van der Waals surface area contributed by atoms with Crippen LogP contribution in [-0.4, -0.2) is 23.0 Å². The van der Waals surface area contributed by atoms with Crippen molar-refractivity contribution in [3.63, 3.8) is 0 Å². The molecule has 0 saturated heterocycles. The number of hydrogen-bond acceptors (Lipinski definition) is 3. The molecule has 0 heterocycles. The van der Waals surface area contributed by atoms with E-state index >= 15 is 0 Å². The van der Waals surface area contributed by atoms with Crippen LogP contribution in [0.3, 0.4) is 0 Å². The van der Waals surface area contributed by atoms with Gasteiger partial charge < -0.3 is 10.6 Å². The highest BCUT2D eigenvalue weighted by Crippen LogP contribution is 2.18. The van der Waals surface area contributed by atoms with Crippen LogP contribution in [0.25, 0.3) is 0 Å². The average molecular weight is 507 g/mol. The Hall–Kier alpha value is -2.00. The Bertz CT molecular complexity index is 864. The average Bonchev–Trinajstić information content (AvgIpc) is 2.69. The first-order chi connectivity index (χ1) is 13.5. The number of benzene rings is 2. The zero-order valence-electron chi connectivity index (χ0n) is 15.3. The summed E-state index contributed by atoms with van der Waals surface area (Å²) in [5, 5.41) is 8.95. The molecule has 1 fully saturated rings. The zero-order chi connectivity index (χ0) is 19.9. The summed E-state index contributed by atoms with van der Waals surface area (Å²) < 4.78 is 0.978. The van der Waals surface area contributed by atoms with Crippen molar-refractivity contribution in [1.82, 2.24) is 10.6 Å². The van der Waals surface area contributed by atoms with Gasteiger partial charge in [-0.3, -0.25) is 14.9 Å². The van der Waals surface area contributed by atoms with Gasteiger partial charge in [-0.2, -0.15) is 0 Å². The van der Waals surface area contributed by atoms with E-state index in [4.69, 9.17) is 12.2 Å². The summed E-state index contributed by atoms with van der Waals surface area (Å²) in [6.45, 7) is 0. The number of nitrogens with one attached hydrogen (secondary N) is 3. The molecule has 1 aliphatic carbocycles. The van der Waals surface area contributed by atoms with E-state index in [1.165, 1.54) is 19.3 Å². The van der Waals surface area contributed by atoms with Crippen LogP contribution in [-0.2, 0) is 0 Å². The second-order valence-corrected chi connectivity index (χ2v) is 8.46. The highest BCUT2D eigenvalue weighted by atomic mass is 127. The number of amides is 2. The molecule has 1 saturated carbocycles. The van der Waals surface area contributed by atoms with Gasteiger partial charge in [0, 0.05) is 26.4 Å². The summed E-state index contributed by atoms with van der Waals surface area (Å²) >= 11 is 7.37. The Morgan fingerprint density at radius 2 is 1.64 bits per heavy atom. The van der Waals surface area contributed by atoms with E-state index in [1.54, 1.807) is 36.4 Å². The third-order valence-corrected chi connectivity index (χ3v) is 5.53. The van der Waals surface area contributed by atoms with Crippen molar-refractivity contribution in [2.24, 2.45) is 0 Å². The van der Waals surface area contributed by atoms with Crippen molar-refractivity contribution in [3.8, 4) is 0 Å². The first-order valence-electron chi connectivity index (χ1n) is 9.30. The summed E-state index contributed by atoms with van der Waals surface area (Å²) in [7, 11) is 0. The lowest BCUT2D eigenvalue weighted by molar-refractivity contribution is 0.0926. The minimum Gasteiger partial charge on any atom is -0.349 e. The van der Waals surface area contributed by atoms with Gasteiger partial charge in [-0.05, 0) is 90.1 Å². The summed E-state index contributed by atoms with van der Waals surface area (Å²) in [6.07, 6.45) is 5.73. The summed E-state index contributed by atoms with van der Waals surface area (Å²) in [5.74, 6) is -0.312. The van der Waals surface area contributed by atoms with Crippen molar-refractivity contribution < 1.29 is 9.59 Å². The van der Waals surface area contributed by atoms with Crippen LogP contribution in [0.5, 0.6) is 0 Å². The molecule has 0 radical (unpaired) electrons. The highest BCUT2D eigenvalue weighted by molar-refractivity contribution is 14.1. The number of thiocarbonyl (C=S) groups is 1. The van der Waals surface area contributed by atoms with E-state index in [9.17, 15) is 9.59 Å². The molecule has 0 atom stereocenters. The maximum Gasteiger partial charge on any atom is 0.257 e. The van der Waals surface area contributed by atoms with Gasteiger partial charge in [0.2, 0.25) is 0 Å². The molecule has 0 spiro atoms. The predicted octanol–water partition coefficient (Wildman–Crippen LogP) is 4.48. The molecule has 2 aromatic carbocycles. The molecular weight excluding hydrogens is 485 g/mol. The Kier molecular flexibility index (Phi) is 7.38. The van der Waals surface area contributed by atoms with Gasteiger partial charge in [-0.15, -0.1) is 0 Å². The van der Waals surface area contributed by atoms with E-state index in [0.29, 0.717) is 16.8 Å². The summed E-state index contributed by atoms with van der Waals surface area (Å²) in [5.41, 5.74) is 1.87. The molecule has 3 N–H and O–H groups in total. The summed E-state index contributed by atoms with van der Waals surface area (Å²) in [6, 6.07) is 14.6. The Labute approximate surface area is 183 Å². The molecule has 0 aliphatic heterocycles. The van der Waals surface area contributed by atoms with Crippen LogP contribution in [0.2, 0.25) is 0 Å². The molecule has 0 bridgehead atoms. The van der Waals surface area contributed by atoms with Crippen LogP contribution < -0.4 is 16.0 Å². The molecule has 3 rings (SSSR count). The van der Waals surface area contributed by atoms with Crippen molar-refractivity contribution in [3.05, 3.63) is 63.2 Å². The number of carbonyl (C=O) groups is 2. The maximum atomic E-state index is 12.4. The third-order valence-electron chi connectivity index (χ3n) is 4.66. The monoisotopic (exact) mass is 507 g/mol. The first kappa shape index (κ1) is 20.7. The molecular formula is C21H22IN3O2S. The van der Waals surface area contributed by atoms with E-state index < -0.39 is 0 Å². The third kappa shape index (κ3) is 6.00. The maximum absolute atomic E-state index is 12.4. The lowest BCUT2D eigenvalue weighted by atomic mass is 9.95. The van der Waals surface area contributed by atoms with Crippen LogP contribution in [0, 0.1) is 3.57 Å². The molecule has 0 unspecified atom stereocenters. The molecule has 2 amide bonds. The van der Waals surface area contributed by atoms with E-state index in [2.05, 4.69) is 38.5 Å². The van der Waals surface area contributed by atoms with Crippen molar-refractivity contribution >= 4 is 57.4 Å². The molecule has 7 heteroatoms. The van der Waals surface area contributed by atoms with Gasteiger partial charge in [0.1, 0.15) is 0 Å². The molecule has 5 nitrogen and oxygen atoms in total. The fourth-order valence-corrected chi connectivity index (χ4v) is 3.94. The largest absolute Gasteiger partial charge is 0.349 e. The van der Waals surface area contributed by atoms with Gasteiger partial charge >= 0.3 is 0 Å². The van der Waals surface area contributed by atoms with Crippen LogP contribution >= 0.6 is 34.8 Å². The fraction of sp³-hybridized carbons (Fsp3) is 0.286. The topological polar surface area (TPSA) is 70.2 Å². The molecule has 2 aromatic rings. The lowest BCUT2D eigenvalue weighted by Crippen LogP contribution is -2.36. The Balaban J connectivity index is 1.52. The first-order valence-corrected chi connectivity index (χ1v) is 10.8. The van der Waals surface area contributed by atoms with Gasteiger partial charge in [-0.25, -0.2) is 0 Å². The normalized spacial score (nSPS) is 14.2. The van der Waals surface area contributed by atoms with E-state index in [0.717, 1.165) is 16.4 Å². The summed E-state index contributed by atoms with van der Waals surface area (Å²) in [4.78, 5) is 24.6. The van der Waals surface area contributed by atoms with Crippen LogP contribution in [0.4, 0.5) is 5.69 Å². The molecule has 28 heavy (non-hydrogen) atoms. The van der Waals surface area contributed by atoms with E-state index in [-0.39, 0.29) is 23.0 Å². The second-order valence-electron chi connectivity index (χ2n) is 6.80. The highest BCUT2D eigenvalue weighted by Gasteiger charge is 2.16. The van der Waals surface area contributed by atoms with Gasteiger partial charge in [0.15, 0.2) is 5.11 Å². The predicted molar refractivity (Wildman–Crippen MR) is 124 cm³/mol.